The maximum Gasteiger partial charge on any atom is 0.240 e. The van der Waals surface area contributed by atoms with Crippen molar-refractivity contribution in [3.63, 3.8) is 0 Å². The number of aromatic nitrogens is 1. The van der Waals surface area contributed by atoms with E-state index in [4.69, 9.17) is 9.47 Å². The summed E-state index contributed by atoms with van der Waals surface area (Å²) in [5.74, 6) is -0.0834. The van der Waals surface area contributed by atoms with Gasteiger partial charge < -0.3 is 14.8 Å². The van der Waals surface area contributed by atoms with E-state index < -0.39 is 0 Å². The highest BCUT2D eigenvalue weighted by atomic mass is 32.1. The van der Waals surface area contributed by atoms with Crippen LogP contribution in [0.4, 0.5) is 5.13 Å². The lowest BCUT2D eigenvalue weighted by Crippen LogP contribution is -2.37. The van der Waals surface area contributed by atoms with Crippen molar-refractivity contribution in [2.45, 2.75) is 20.8 Å². The second-order valence-corrected chi connectivity index (χ2v) is 7.46. The lowest BCUT2D eigenvalue weighted by Gasteiger charge is -2.20. The molecule has 0 aliphatic rings. The van der Waals surface area contributed by atoms with Gasteiger partial charge in [-0.1, -0.05) is 6.07 Å². The molecule has 2 rings (SSSR count). The Hall–Kier alpha value is -1.80. The van der Waals surface area contributed by atoms with Crippen LogP contribution < -0.4 is 5.32 Å². The molecule has 0 saturated carbocycles. The molecule has 7 heteroatoms. The number of anilines is 1. The van der Waals surface area contributed by atoms with Gasteiger partial charge in [0.1, 0.15) is 0 Å². The summed E-state index contributed by atoms with van der Waals surface area (Å²) in [5.41, 5.74) is 5.70. The molecule has 0 saturated heterocycles. The van der Waals surface area contributed by atoms with E-state index in [0.29, 0.717) is 31.4 Å². The number of nitrogens with one attached hydrogen (secondary N) is 1. The molecule has 0 atom stereocenters. The summed E-state index contributed by atoms with van der Waals surface area (Å²) in [6.07, 6.45) is 0. The number of benzene rings is 1. The summed E-state index contributed by atoms with van der Waals surface area (Å²) in [4.78, 5) is 19.0. The number of methoxy groups -OCH3 is 2. The van der Waals surface area contributed by atoms with Crippen LogP contribution in [0.3, 0.4) is 0 Å². The topological polar surface area (TPSA) is 63.7 Å². The van der Waals surface area contributed by atoms with Crippen molar-refractivity contribution in [3.8, 4) is 11.3 Å². The largest absolute Gasteiger partial charge is 0.383 e. The van der Waals surface area contributed by atoms with E-state index in [1.54, 1.807) is 14.2 Å². The van der Waals surface area contributed by atoms with Crippen LogP contribution in [-0.2, 0) is 14.3 Å². The predicted molar refractivity (Wildman–Crippen MR) is 111 cm³/mol. The highest BCUT2D eigenvalue weighted by Crippen LogP contribution is 2.29. The average molecular weight is 392 g/mol. The van der Waals surface area contributed by atoms with Crippen LogP contribution in [0.2, 0.25) is 0 Å². The van der Waals surface area contributed by atoms with Crippen LogP contribution in [0.1, 0.15) is 16.7 Å². The van der Waals surface area contributed by atoms with Crippen molar-refractivity contribution >= 4 is 22.4 Å². The van der Waals surface area contributed by atoms with Gasteiger partial charge in [0.2, 0.25) is 5.91 Å². The first-order valence-corrected chi connectivity index (χ1v) is 9.86. The number of rotatable bonds is 10. The first kappa shape index (κ1) is 21.5. The van der Waals surface area contributed by atoms with E-state index in [1.165, 1.54) is 28.0 Å². The lowest BCUT2D eigenvalue weighted by molar-refractivity contribution is -0.117. The van der Waals surface area contributed by atoms with Crippen LogP contribution in [0.15, 0.2) is 17.5 Å². The summed E-state index contributed by atoms with van der Waals surface area (Å²) in [7, 11) is 3.31. The van der Waals surface area contributed by atoms with E-state index in [2.05, 4.69) is 43.2 Å². The summed E-state index contributed by atoms with van der Waals surface area (Å²) < 4.78 is 10.2. The molecule has 0 fully saturated rings. The van der Waals surface area contributed by atoms with Crippen molar-refractivity contribution < 1.29 is 14.3 Å². The van der Waals surface area contributed by atoms with Crippen molar-refractivity contribution in [1.29, 1.82) is 0 Å². The van der Waals surface area contributed by atoms with Crippen molar-refractivity contribution in [2.24, 2.45) is 0 Å². The smallest absolute Gasteiger partial charge is 0.240 e. The van der Waals surface area contributed by atoms with Crippen LogP contribution in [-0.4, -0.2) is 62.9 Å². The van der Waals surface area contributed by atoms with E-state index >= 15 is 0 Å². The summed E-state index contributed by atoms with van der Waals surface area (Å²) >= 11 is 1.44. The first-order chi connectivity index (χ1) is 12.9. The van der Waals surface area contributed by atoms with Gasteiger partial charge in [-0.15, -0.1) is 11.3 Å². The molecule has 0 aliphatic heterocycles. The third-order valence-corrected chi connectivity index (χ3v) is 5.22. The van der Waals surface area contributed by atoms with Crippen LogP contribution in [0.25, 0.3) is 11.3 Å². The fourth-order valence-corrected chi connectivity index (χ4v) is 3.49. The third-order valence-electron chi connectivity index (χ3n) is 4.46. The van der Waals surface area contributed by atoms with Crippen molar-refractivity contribution in [2.75, 3.05) is 52.4 Å². The Kier molecular flexibility index (Phi) is 8.37. The van der Waals surface area contributed by atoms with Crippen LogP contribution in [0.5, 0.6) is 0 Å². The molecule has 6 nitrogen and oxygen atoms in total. The van der Waals surface area contributed by atoms with Gasteiger partial charge in [-0.3, -0.25) is 9.69 Å². The van der Waals surface area contributed by atoms with Crippen LogP contribution >= 0.6 is 11.3 Å². The number of nitrogens with zero attached hydrogens (tertiary/aromatic N) is 2. The zero-order chi connectivity index (χ0) is 19.8. The number of carbonyl (C=O) groups is 1. The Morgan fingerprint density at radius 3 is 2.33 bits per heavy atom. The van der Waals surface area contributed by atoms with Gasteiger partial charge in [-0.2, -0.15) is 0 Å². The Bertz CT molecular complexity index is 753. The lowest BCUT2D eigenvalue weighted by atomic mass is 9.99. The molecule has 0 unspecified atom stereocenters. The summed E-state index contributed by atoms with van der Waals surface area (Å²) in [6, 6.07) is 4.33. The van der Waals surface area contributed by atoms with E-state index in [0.717, 1.165) is 11.3 Å². The van der Waals surface area contributed by atoms with Gasteiger partial charge in [0.05, 0.1) is 25.5 Å². The molecule has 1 heterocycles. The Labute approximate surface area is 165 Å². The second kappa shape index (κ2) is 10.5. The molecule has 27 heavy (non-hydrogen) atoms. The minimum atomic E-state index is -0.0834. The molecule has 1 aromatic heterocycles. The number of carbonyl (C=O) groups excluding carboxylic acids is 1. The molecular weight excluding hydrogens is 362 g/mol. The van der Waals surface area contributed by atoms with Crippen LogP contribution in [0, 0.1) is 20.8 Å². The zero-order valence-electron chi connectivity index (χ0n) is 16.8. The quantitative estimate of drug-likeness (QED) is 0.673. The molecule has 0 radical (unpaired) electrons. The molecular formula is C20H29N3O3S. The molecule has 1 N–H and O–H groups in total. The standard InChI is InChI=1S/C20H29N3O3S/c1-14-10-16(3)17(11-15(14)2)18-13-27-20(21-18)22-19(24)12-23(6-8-25-4)7-9-26-5/h10-11,13H,6-9,12H2,1-5H3,(H,21,22,24). The average Bonchev–Trinajstić information content (AvgIpc) is 3.08. The van der Waals surface area contributed by atoms with Gasteiger partial charge in [-0.05, 0) is 43.5 Å². The minimum absolute atomic E-state index is 0.0834. The van der Waals surface area contributed by atoms with Gasteiger partial charge in [0.15, 0.2) is 5.13 Å². The monoisotopic (exact) mass is 391 g/mol. The number of hydrogen-bond donors (Lipinski definition) is 1. The molecule has 0 spiro atoms. The molecule has 0 aliphatic carbocycles. The van der Waals surface area contributed by atoms with E-state index in [9.17, 15) is 4.79 Å². The maximum atomic E-state index is 12.4. The number of hydrogen-bond acceptors (Lipinski definition) is 6. The summed E-state index contributed by atoms with van der Waals surface area (Å²) in [6.45, 7) is 9.08. The molecule has 0 bridgehead atoms. The Morgan fingerprint density at radius 2 is 1.70 bits per heavy atom. The minimum Gasteiger partial charge on any atom is -0.383 e. The normalized spacial score (nSPS) is 11.2. The highest BCUT2D eigenvalue weighted by Gasteiger charge is 2.14. The van der Waals surface area contributed by atoms with Gasteiger partial charge in [0.25, 0.3) is 0 Å². The fourth-order valence-electron chi connectivity index (χ4n) is 2.76. The molecule has 148 valence electrons. The van der Waals surface area contributed by atoms with Gasteiger partial charge in [-0.25, -0.2) is 4.98 Å². The van der Waals surface area contributed by atoms with E-state index in [1.807, 2.05) is 10.3 Å². The number of aryl methyl sites for hydroxylation is 3. The fraction of sp³-hybridized carbons (Fsp3) is 0.500. The molecule has 1 amide bonds. The SMILES string of the molecule is COCCN(CCOC)CC(=O)Nc1nc(-c2cc(C)c(C)cc2C)cs1. The predicted octanol–water partition coefficient (Wildman–Crippen LogP) is 3.27. The van der Waals surface area contributed by atoms with Gasteiger partial charge in [0, 0.05) is 38.3 Å². The number of ether oxygens (including phenoxy) is 2. The second-order valence-electron chi connectivity index (χ2n) is 6.60. The summed E-state index contributed by atoms with van der Waals surface area (Å²) in [5, 5.41) is 5.51. The maximum absolute atomic E-state index is 12.4. The van der Waals surface area contributed by atoms with Crippen molar-refractivity contribution in [3.05, 3.63) is 34.2 Å². The van der Waals surface area contributed by atoms with Crippen molar-refractivity contribution in [1.82, 2.24) is 9.88 Å². The number of thiazole rings is 1. The zero-order valence-corrected chi connectivity index (χ0v) is 17.6. The highest BCUT2D eigenvalue weighted by molar-refractivity contribution is 7.14. The Morgan fingerprint density at radius 1 is 1.07 bits per heavy atom. The Balaban J connectivity index is 2.02. The molecule has 1 aromatic carbocycles. The third kappa shape index (κ3) is 6.39. The van der Waals surface area contributed by atoms with Gasteiger partial charge >= 0.3 is 0 Å². The first-order valence-electron chi connectivity index (χ1n) is 8.98. The molecule has 2 aromatic rings. The van der Waals surface area contributed by atoms with E-state index in [-0.39, 0.29) is 12.5 Å². The number of amides is 1.